The molecule has 0 amide bonds. The smallest absolute Gasteiger partial charge is 0.405 e. The summed E-state index contributed by atoms with van der Waals surface area (Å²) in [6.45, 7) is 0. The molecule has 0 N–H and O–H groups in total. The van der Waals surface area contributed by atoms with Crippen molar-refractivity contribution in [1.29, 1.82) is 0 Å². The molecule has 0 fully saturated rings. The Morgan fingerprint density at radius 3 is 3.00 bits per heavy atom. The molecule has 0 aliphatic carbocycles. The van der Waals surface area contributed by atoms with Gasteiger partial charge >= 0.3 is 5.76 Å². The van der Waals surface area contributed by atoms with Gasteiger partial charge in [0, 0.05) is 12.3 Å². The standard InChI is InChI=1S/C4H2NO2/c6-4-5-2-1-3-7-4/h1-2H. The first kappa shape index (κ1) is 4.05. The Morgan fingerprint density at radius 1 is 1.86 bits per heavy atom. The summed E-state index contributed by atoms with van der Waals surface area (Å²) in [6, 6.07) is 1.42. The molecule has 0 unspecified atom stereocenters. The van der Waals surface area contributed by atoms with Crippen molar-refractivity contribution in [1.82, 2.24) is 4.98 Å². The van der Waals surface area contributed by atoms with Gasteiger partial charge in [-0.25, -0.2) is 4.79 Å². The summed E-state index contributed by atoms with van der Waals surface area (Å²) in [7, 11) is 0. The van der Waals surface area contributed by atoms with Gasteiger partial charge in [0.15, 0.2) is 6.26 Å². The summed E-state index contributed by atoms with van der Waals surface area (Å²) in [5, 5.41) is 0. The molecule has 7 heavy (non-hydrogen) atoms. The van der Waals surface area contributed by atoms with Crippen molar-refractivity contribution in [3.63, 3.8) is 0 Å². The number of rotatable bonds is 0. The van der Waals surface area contributed by atoms with Crippen molar-refractivity contribution < 1.29 is 4.42 Å². The van der Waals surface area contributed by atoms with Crippen LogP contribution >= 0.6 is 0 Å². The first-order valence-corrected chi connectivity index (χ1v) is 1.72. The van der Waals surface area contributed by atoms with Crippen molar-refractivity contribution in [2.75, 3.05) is 0 Å². The van der Waals surface area contributed by atoms with Gasteiger partial charge in [-0.1, -0.05) is 0 Å². The lowest BCUT2D eigenvalue weighted by Gasteiger charge is -1.70. The molecule has 3 heteroatoms. The van der Waals surface area contributed by atoms with Crippen molar-refractivity contribution >= 4 is 0 Å². The minimum absolute atomic E-state index is 0.609. The Balaban J connectivity index is 3.28. The summed E-state index contributed by atoms with van der Waals surface area (Å²) in [6.07, 6.45) is 3.54. The molecule has 0 aliphatic heterocycles. The third-order valence-electron chi connectivity index (χ3n) is 0.469. The lowest BCUT2D eigenvalue weighted by atomic mass is 10.7. The average Bonchev–Trinajstić information content (AvgIpc) is 1.69. The van der Waals surface area contributed by atoms with E-state index < -0.39 is 5.76 Å². The molecule has 0 saturated heterocycles. The van der Waals surface area contributed by atoms with E-state index in [4.69, 9.17) is 0 Å². The van der Waals surface area contributed by atoms with E-state index in [0.29, 0.717) is 0 Å². The number of aromatic nitrogens is 1. The van der Waals surface area contributed by atoms with Gasteiger partial charge in [-0.3, -0.25) is 0 Å². The van der Waals surface area contributed by atoms with E-state index in [1.165, 1.54) is 12.3 Å². The largest absolute Gasteiger partial charge is 0.439 e. The highest BCUT2D eigenvalue weighted by atomic mass is 16.4. The maximum Gasteiger partial charge on any atom is 0.439 e. The number of hydrogen-bond acceptors (Lipinski definition) is 3. The van der Waals surface area contributed by atoms with Gasteiger partial charge in [-0.05, 0) is 0 Å². The van der Waals surface area contributed by atoms with E-state index in [-0.39, 0.29) is 0 Å². The summed E-state index contributed by atoms with van der Waals surface area (Å²) in [4.78, 5) is 13.2. The monoisotopic (exact) mass is 96.0 g/mol. The van der Waals surface area contributed by atoms with Crippen LogP contribution < -0.4 is 5.76 Å². The second kappa shape index (κ2) is 1.55. The predicted octanol–water partition coefficient (Wildman–Crippen LogP) is -0.165. The van der Waals surface area contributed by atoms with Crippen LogP contribution in [0.1, 0.15) is 0 Å². The van der Waals surface area contributed by atoms with E-state index in [1.807, 2.05) is 0 Å². The van der Waals surface area contributed by atoms with Crippen LogP contribution in [0.2, 0.25) is 0 Å². The van der Waals surface area contributed by atoms with Crippen molar-refractivity contribution in [2.24, 2.45) is 0 Å². The Morgan fingerprint density at radius 2 is 2.71 bits per heavy atom. The van der Waals surface area contributed by atoms with Gasteiger partial charge in [0.25, 0.3) is 0 Å². The van der Waals surface area contributed by atoms with Crippen LogP contribution in [0.25, 0.3) is 0 Å². The van der Waals surface area contributed by atoms with Gasteiger partial charge < -0.3 is 4.42 Å². The Bertz CT molecular complexity index is 175. The molecule has 0 atom stereocenters. The summed E-state index contributed by atoms with van der Waals surface area (Å²) in [5.41, 5.74) is 0. The Labute approximate surface area is 39.6 Å². The van der Waals surface area contributed by atoms with E-state index in [2.05, 4.69) is 15.7 Å². The molecular formula is C4H2NO2. The van der Waals surface area contributed by atoms with Crippen LogP contribution in [0.15, 0.2) is 21.5 Å². The van der Waals surface area contributed by atoms with Gasteiger partial charge in [0.05, 0.1) is 0 Å². The minimum atomic E-state index is -0.609. The quantitative estimate of drug-likeness (QED) is 0.450. The average molecular weight is 96.1 g/mol. The zero-order valence-corrected chi connectivity index (χ0v) is 3.42. The van der Waals surface area contributed by atoms with E-state index in [9.17, 15) is 4.79 Å². The van der Waals surface area contributed by atoms with E-state index >= 15 is 0 Å². The molecule has 35 valence electrons. The van der Waals surface area contributed by atoms with Crippen LogP contribution in [0.4, 0.5) is 0 Å². The molecule has 1 rings (SSSR count). The van der Waals surface area contributed by atoms with Crippen molar-refractivity contribution in [3.8, 4) is 0 Å². The zero-order valence-electron chi connectivity index (χ0n) is 3.42. The zero-order chi connectivity index (χ0) is 5.11. The summed E-state index contributed by atoms with van der Waals surface area (Å²) >= 11 is 0. The number of nitrogens with zero attached hydrogens (tertiary/aromatic N) is 1. The molecule has 1 heterocycles. The van der Waals surface area contributed by atoms with Crippen LogP contribution in [-0.2, 0) is 0 Å². The van der Waals surface area contributed by atoms with Gasteiger partial charge in [0.1, 0.15) is 0 Å². The highest BCUT2D eigenvalue weighted by Crippen LogP contribution is 1.65. The van der Waals surface area contributed by atoms with Crippen molar-refractivity contribution in [3.05, 3.63) is 29.1 Å². The molecule has 0 bridgehead atoms. The summed E-state index contributed by atoms with van der Waals surface area (Å²) < 4.78 is 4.14. The highest BCUT2D eigenvalue weighted by Gasteiger charge is 1.75. The normalized spacial score (nSPS) is 8.57. The van der Waals surface area contributed by atoms with E-state index in [0.717, 1.165) is 0 Å². The minimum Gasteiger partial charge on any atom is -0.405 e. The fourth-order valence-electron chi connectivity index (χ4n) is 0.239. The second-order valence-corrected chi connectivity index (χ2v) is 0.931. The van der Waals surface area contributed by atoms with Gasteiger partial charge in [0.2, 0.25) is 0 Å². The maximum atomic E-state index is 9.96. The molecular weight excluding hydrogens is 94.0 g/mol. The topological polar surface area (TPSA) is 43.1 Å². The molecule has 1 aromatic heterocycles. The fraction of sp³-hybridized carbons (Fsp3) is 0. The molecule has 0 saturated carbocycles. The van der Waals surface area contributed by atoms with Crippen LogP contribution in [0, 0.1) is 6.26 Å². The second-order valence-electron chi connectivity index (χ2n) is 0.931. The summed E-state index contributed by atoms with van der Waals surface area (Å²) in [5.74, 6) is -0.609. The van der Waals surface area contributed by atoms with Crippen molar-refractivity contribution in [2.45, 2.75) is 0 Å². The van der Waals surface area contributed by atoms with E-state index in [1.54, 1.807) is 0 Å². The van der Waals surface area contributed by atoms with Gasteiger partial charge in [-0.2, -0.15) is 4.98 Å². The molecule has 0 spiro atoms. The molecule has 1 aromatic rings. The Hall–Kier alpha value is -1.12. The molecule has 0 aromatic carbocycles. The van der Waals surface area contributed by atoms with Crippen LogP contribution in [0.5, 0.6) is 0 Å². The first-order valence-electron chi connectivity index (χ1n) is 1.72. The Kier molecular flexibility index (Phi) is 0.898. The SMILES string of the molecule is O=c1ncc[c]o1. The first-order chi connectivity index (χ1) is 3.39. The third kappa shape index (κ3) is 0.855. The van der Waals surface area contributed by atoms with Crippen LogP contribution in [0.3, 0.4) is 0 Å². The lowest BCUT2D eigenvalue weighted by Crippen LogP contribution is -1.99. The molecule has 0 aliphatic rings. The fourth-order valence-corrected chi connectivity index (χ4v) is 0.239. The lowest BCUT2D eigenvalue weighted by molar-refractivity contribution is 0.475. The number of hydrogen-bond donors (Lipinski definition) is 0. The predicted molar refractivity (Wildman–Crippen MR) is 21.6 cm³/mol. The highest BCUT2D eigenvalue weighted by molar-refractivity contribution is 4.68. The molecule has 3 nitrogen and oxygen atoms in total. The third-order valence-corrected chi connectivity index (χ3v) is 0.469. The maximum absolute atomic E-state index is 9.96. The van der Waals surface area contributed by atoms with Crippen LogP contribution in [-0.4, -0.2) is 4.98 Å². The molecule has 1 radical (unpaired) electrons. The van der Waals surface area contributed by atoms with Gasteiger partial charge in [-0.15, -0.1) is 0 Å².